The molecule has 2 heterocycles. The highest BCUT2D eigenvalue weighted by molar-refractivity contribution is 5.46. The van der Waals surface area contributed by atoms with Crippen LogP contribution in [0.4, 0.5) is 0 Å². The maximum atomic E-state index is 9.48. The minimum Gasteiger partial charge on any atom is -0.508 e. The number of nitrogens with zero attached hydrogens (tertiary/aromatic N) is 1. The highest BCUT2D eigenvalue weighted by Crippen LogP contribution is 2.40. The number of benzene rings is 1. The van der Waals surface area contributed by atoms with Gasteiger partial charge in [-0.3, -0.25) is 4.98 Å². The van der Waals surface area contributed by atoms with Crippen molar-refractivity contribution in [3.8, 4) is 11.5 Å². The van der Waals surface area contributed by atoms with Crippen LogP contribution >= 0.6 is 0 Å². The lowest BCUT2D eigenvalue weighted by Gasteiger charge is -2.17. The summed E-state index contributed by atoms with van der Waals surface area (Å²) in [6.45, 7) is 8.58. The quantitative estimate of drug-likeness (QED) is 0.652. The van der Waals surface area contributed by atoms with Gasteiger partial charge in [-0.25, -0.2) is 0 Å². The average Bonchev–Trinajstić information content (AvgIpc) is 3.04. The van der Waals surface area contributed by atoms with Crippen LogP contribution in [0.25, 0.3) is 0 Å². The van der Waals surface area contributed by atoms with E-state index in [4.69, 9.17) is 9.47 Å². The van der Waals surface area contributed by atoms with Crippen molar-refractivity contribution in [3.63, 3.8) is 0 Å². The lowest BCUT2D eigenvalue weighted by molar-refractivity contribution is 0.0650. The number of aromatic hydroxyl groups is 1. The second-order valence-corrected chi connectivity index (χ2v) is 7.45. The number of fused-ring (bicyclic) bond motifs is 1. The van der Waals surface area contributed by atoms with Crippen molar-refractivity contribution >= 4 is 0 Å². The molecule has 5 nitrogen and oxygen atoms in total. The Balaban J connectivity index is 1.65. The van der Waals surface area contributed by atoms with Crippen LogP contribution < -0.4 is 10.1 Å². The van der Waals surface area contributed by atoms with Crippen LogP contribution in [-0.2, 0) is 17.8 Å². The third-order valence-corrected chi connectivity index (χ3v) is 4.82. The van der Waals surface area contributed by atoms with Gasteiger partial charge in [0, 0.05) is 29.8 Å². The van der Waals surface area contributed by atoms with Crippen LogP contribution in [0, 0.1) is 6.92 Å². The van der Waals surface area contributed by atoms with Crippen molar-refractivity contribution in [2.75, 3.05) is 13.2 Å². The molecule has 3 rings (SSSR count). The maximum absolute atomic E-state index is 9.48. The molecule has 0 saturated heterocycles. The molecule has 0 fully saturated rings. The van der Waals surface area contributed by atoms with Gasteiger partial charge in [0.25, 0.3) is 0 Å². The molecule has 0 radical (unpaired) electrons. The van der Waals surface area contributed by atoms with Gasteiger partial charge in [0.15, 0.2) is 0 Å². The Bertz CT molecular complexity index is 744. The van der Waals surface area contributed by atoms with Crippen molar-refractivity contribution in [1.29, 1.82) is 0 Å². The Labute approximate surface area is 161 Å². The first-order valence-electron chi connectivity index (χ1n) is 9.78. The number of phenols is 1. The molecule has 1 unspecified atom stereocenters. The lowest BCUT2D eigenvalue weighted by atomic mass is 9.99. The normalized spacial score (nSPS) is 15.9. The van der Waals surface area contributed by atoms with Crippen LogP contribution in [-0.4, -0.2) is 29.3 Å². The van der Waals surface area contributed by atoms with Gasteiger partial charge in [-0.1, -0.05) is 26.0 Å². The minimum absolute atomic E-state index is 0.0381. The number of aryl methyl sites for hydroxylation is 1. The number of unbranched alkanes of at least 4 members (excludes halogenated alkanes) is 1. The van der Waals surface area contributed by atoms with Crippen LogP contribution in [0.3, 0.4) is 0 Å². The summed E-state index contributed by atoms with van der Waals surface area (Å²) in [5, 5.41) is 12.9. The SMILES string of the molecule is Cc1ncc2c(c1OCCCCNC(C)C)C(Cc1ccc(O)cc1)OC2. The molecule has 27 heavy (non-hydrogen) atoms. The molecule has 1 atom stereocenters. The summed E-state index contributed by atoms with van der Waals surface area (Å²) in [5.41, 5.74) is 4.29. The fourth-order valence-electron chi connectivity index (χ4n) is 3.37. The summed E-state index contributed by atoms with van der Waals surface area (Å²) in [6, 6.07) is 7.82. The van der Waals surface area contributed by atoms with Gasteiger partial charge in [0.1, 0.15) is 11.5 Å². The zero-order valence-corrected chi connectivity index (χ0v) is 16.5. The van der Waals surface area contributed by atoms with E-state index >= 15 is 0 Å². The smallest absolute Gasteiger partial charge is 0.146 e. The van der Waals surface area contributed by atoms with Gasteiger partial charge in [-0.2, -0.15) is 0 Å². The monoisotopic (exact) mass is 370 g/mol. The molecule has 0 spiro atoms. The van der Waals surface area contributed by atoms with Crippen molar-refractivity contribution in [1.82, 2.24) is 10.3 Å². The van der Waals surface area contributed by atoms with Crippen LogP contribution in [0.5, 0.6) is 11.5 Å². The van der Waals surface area contributed by atoms with Gasteiger partial charge in [0.2, 0.25) is 0 Å². The summed E-state index contributed by atoms with van der Waals surface area (Å²) in [4.78, 5) is 4.49. The maximum Gasteiger partial charge on any atom is 0.146 e. The van der Waals surface area contributed by atoms with E-state index in [0.29, 0.717) is 19.3 Å². The molecule has 2 N–H and O–H groups in total. The largest absolute Gasteiger partial charge is 0.508 e. The number of hydrogen-bond acceptors (Lipinski definition) is 5. The summed E-state index contributed by atoms with van der Waals surface area (Å²) in [5.74, 6) is 1.16. The van der Waals surface area contributed by atoms with Gasteiger partial charge < -0.3 is 19.9 Å². The molecule has 0 bridgehead atoms. The van der Waals surface area contributed by atoms with E-state index in [9.17, 15) is 5.11 Å². The highest BCUT2D eigenvalue weighted by Gasteiger charge is 2.29. The Morgan fingerprint density at radius 3 is 2.78 bits per heavy atom. The number of hydrogen-bond donors (Lipinski definition) is 2. The van der Waals surface area contributed by atoms with Gasteiger partial charge >= 0.3 is 0 Å². The molecule has 146 valence electrons. The molecule has 0 saturated carbocycles. The van der Waals surface area contributed by atoms with Gasteiger partial charge in [0.05, 0.1) is 25.0 Å². The van der Waals surface area contributed by atoms with Gasteiger partial charge in [-0.05, 0) is 44.0 Å². The number of pyridine rings is 1. The number of aromatic nitrogens is 1. The summed E-state index contributed by atoms with van der Waals surface area (Å²) in [6.07, 6.45) is 4.72. The zero-order chi connectivity index (χ0) is 19.2. The van der Waals surface area contributed by atoms with E-state index in [-0.39, 0.29) is 11.9 Å². The fourth-order valence-corrected chi connectivity index (χ4v) is 3.37. The molecule has 5 heteroatoms. The first kappa shape index (κ1) is 19.6. The molecule has 0 amide bonds. The summed E-state index contributed by atoms with van der Waals surface area (Å²) in [7, 11) is 0. The predicted molar refractivity (Wildman–Crippen MR) is 106 cm³/mol. The number of phenolic OH excluding ortho intramolecular Hbond substituents is 1. The predicted octanol–water partition coefficient (Wildman–Crippen LogP) is 4.07. The lowest BCUT2D eigenvalue weighted by Crippen LogP contribution is -2.23. The van der Waals surface area contributed by atoms with E-state index in [2.05, 4.69) is 24.1 Å². The standard InChI is InChI=1S/C22H30N2O3/c1-15(2)23-10-4-5-11-26-22-16(3)24-13-18-14-27-20(21(18)22)12-17-6-8-19(25)9-7-17/h6-9,13,15,20,23,25H,4-5,10-12,14H2,1-3H3. The summed E-state index contributed by atoms with van der Waals surface area (Å²) < 4.78 is 12.2. The molecular formula is C22H30N2O3. The first-order valence-corrected chi connectivity index (χ1v) is 9.78. The molecule has 1 aromatic heterocycles. The topological polar surface area (TPSA) is 63.6 Å². The number of rotatable bonds is 9. The third-order valence-electron chi connectivity index (χ3n) is 4.82. The Hall–Kier alpha value is -2.11. The number of nitrogens with one attached hydrogen (secondary N) is 1. The van der Waals surface area contributed by atoms with Crippen LogP contribution in [0.1, 0.15) is 55.2 Å². The highest BCUT2D eigenvalue weighted by atomic mass is 16.5. The van der Waals surface area contributed by atoms with Crippen molar-refractivity contribution in [2.24, 2.45) is 0 Å². The minimum atomic E-state index is -0.0381. The Kier molecular flexibility index (Phi) is 6.69. The van der Waals surface area contributed by atoms with E-state index in [1.807, 2.05) is 25.3 Å². The van der Waals surface area contributed by atoms with Crippen molar-refractivity contribution in [2.45, 2.75) is 58.8 Å². The molecular weight excluding hydrogens is 340 g/mol. The average molecular weight is 370 g/mol. The van der Waals surface area contributed by atoms with Crippen molar-refractivity contribution in [3.05, 3.63) is 52.8 Å². The van der Waals surface area contributed by atoms with Gasteiger partial charge in [-0.15, -0.1) is 0 Å². The zero-order valence-electron chi connectivity index (χ0n) is 16.5. The van der Waals surface area contributed by atoms with E-state index in [1.165, 1.54) is 0 Å². The van der Waals surface area contributed by atoms with Crippen molar-refractivity contribution < 1.29 is 14.6 Å². The van der Waals surface area contributed by atoms with Crippen LogP contribution in [0.15, 0.2) is 30.5 Å². The number of ether oxygens (including phenoxy) is 2. The second kappa shape index (κ2) is 9.20. The molecule has 1 aliphatic rings. The summed E-state index contributed by atoms with van der Waals surface area (Å²) >= 11 is 0. The second-order valence-electron chi connectivity index (χ2n) is 7.45. The molecule has 1 aromatic carbocycles. The fraction of sp³-hybridized carbons (Fsp3) is 0.500. The van der Waals surface area contributed by atoms with E-state index in [1.54, 1.807) is 12.1 Å². The van der Waals surface area contributed by atoms with E-state index in [0.717, 1.165) is 53.9 Å². The third kappa shape index (κ3) is 5.21. The first-order chi connectivity index (χ1) is 13.0. The molecule has 2 aromatic rings. The van der Waals surface area contributed by atoms with E-state index < -0.39 is 0 Å². The molecule has 0 aliphatic carbocycles. The molecule has 1 aliphatic heterocycles. The Morgan fingerprint density at radius 1 is 1.26 bits per heavy atom. The Morgan fingerprint density at radius 2 is 2.04 bits per heavy atom. The van der Waals surface area contributed by atoms with Crippen LogP contribution in [0.2, 0.25) is 0 Å².